The standard InChI is InChI=1S/C37H57NO3/c1-25(2)8-7-9-26(3)32-16-17-33-31-15-12-28-24-30(18-21-36(28,4)34(31)19-22-37(32,33)5)41-35(39)38-23-20-27-10-13-29(40-6)14-11-27/h10-14,25-26,30-34H,7-9,15-24H2,1-6H3,(H,38,39)/t26-,30+,31+,32-,33+,34+,36+,37-/m1/s1. The van der Waals surface area contributed by atoms with Crippen molar-refractivity contribution in [2.45, 2.75) is 118 Å². The van der Waals surface area contributed by atoms with Gasteiger partial charge in [-0.05, 0) is 115 Å². The molecule has 0 aliphatic heterocycles. The quantitative estimate of drug-likeness (QED) is 0.289. The summed E-state index contributed by atoms with van der Waals surface area (Å²) in [5.74, 6) is 5.98. The molecule has 0 radical (unpaired) electrons. The van der Waals surface area contributed by atoms with Gasteiger partial charge in [0.1, 0.15) is 11.9 Å². The first-order valence-electron chi connectivity index (χ1n) is 16.9. The Bertz CT molecular complexity index is 1060. The van der Waals surface area contributed by atoms with Gasteiger partial charge in [-0.2, -0.15) is 0 Å². The third-order valence-electron chi connectivity index (χ3n) is 12.4. The fraction of sp³-hybridized carbons (Fsp3) is 0.757. The molecule has 1 N–H and O–H groups in total. The molecule has 4 aliphatic rings. The minimum atomic E-state index is -0.269. The molecule has 4 heteroatoms. The van der Waals surface area contributed by atoms with Crippen molar-refractivity contribution in [3.05, 3.63) is 41.5 Å². The number of ether oxygens (including phenoxy) is 2. The molecule has 0 spiro atoms. The van der Waals surface area contributed by atoms with Crippen molar-refractivity contribution in [1.29, 1.82) is 0 Å². The lowest BCUT2D eigenvalue weighted by Gasteiger charge is -2.58. The average molecular weight is 564 g/mol. The number of nitrogens with one attached hydrogen (secondary N) is 1. The highest BCUT2D eigenvalue weighted by atomic mass is 16.6. The number of fused-ring (bicyclic) bond motifs is 5. The Balaban J connectivity index is 1.14. The lowest BCUT2D eigenvalue weighted by molar-refractivity contribution is -0.0581. The number of amides is 1. The van der Waals surface area contributed by atoms with Crippen LogP contribution in [0.3, 0.4) is 0 Å². The predicted octanol–water partition coefficient (Wildman–Crippen LogP) is 9.37. The van der Waals surface area contributed by atoms with Crippen LogP contribution in [0.15, 0.2) is 35.9 Å². The number of allylic oxidation sites excluding steroid dienone is 1. The third-order valence-corrected chi connectivity index (χ3v) is 12.4. The molecule has 228 valence electrons. The molecule has 4 aliphatic carbocycles. The van der Waals surface area contributed by atoms with Gasteiger partial charge >= 0.3 is 6.09 Å². The molecule has 41 heavy (non-hydrogen) atoms. The van der Waals surface area contributed by atoms with E-state index in [1.165, 1.54) is 56.9 Å². The van der Waals surface area contributed by atoms with Crippen molar-refractivity contribution < 1.29 is 14.3 Å². The molecule has 0 aromatic heterocycles. The van der Waals surface area contributed by atoms with Crippen molar-refractivity contribution in [2.24, 2.45) is 46.3 Å². The van der Waals surface area contributed by atoms with Crippen molar-refractivity contribution >= 4 is 6.09 Å². The van der Waals surface area contributed by atoms with E-state index < -0.39 is 0 Å². The van der Waals surface area contributed by atoms with E-state index in [0.717, 1.165) is 66.9 Å². The highest BCUT2D eigenvalue weighted by molar-refractivity contribution is 5.67. The second-order valence-corrected chi connectivity index (χ2v) is 15.1. The summed E-state index contributed by atoms with van der Waals surface area (Å²) in [4.78, 5) is 12.6. The van der Waals surface area contributed by atoms with Crippen molar-refractivity contribution in [1.82, 2.24) is 5.32 Å². The maximum Gasteiger partial charge on any atom is 0.407 e. The van der Waals surface area contributed by atoms with Crippen LogP contribution in [0.5, 0.6) is 5.75 Å². The van der Waals surface area contributed by atoms with Crippen LogP contribution < -0.4 is 10.1 Å². The smallest absolute Gasteiger partial charge is 0.407 e. The van der Waals surface area contributed by atoms with Gasteiger partial charge in [-0.15, -0.1) is 0 Å². The first-order valence-corrected chi connectivity index (χ1v) is 16.9. The normalized spacial score (nSPS) is 35.1. The number of hydrogen-bond acceptors (Lipinski definition) is 3. The van der Waals surface area contributed by atoms with Crippen molar-refractivity contribution in [2.75, 3.05) is 13.7 Å². The Kier molecular flexibility index (Phi) is 9.46. The summed E-state index contributed by atoms with van der Waals surface area (Å²) in [6.07, 6.45) is 17.3. The molecule has 8 atom stereocenters. The van der Waals surface area contributed by atoms with Crippen LogP contribution in [0, 0.1) is 46.3 Å². The molecule has 5 rings (SSSR count). The second kappa shape index (κ2) is 12.7. The molecule has 1 aromatic rings. The van der Waals surface area contributed by atoms with Gasteiger partial charge in [0, 0.05) is 13.0 Å². The number of alkyl carbamates (subject to hydrolysis) is 1. The van der Waals surface area contributed by atoms with E-state index in [1.54, 1.807) is 12.7 Å². The fourth-order valence-corrected chi connectivity index (χ4v) is 10.0. The van der Waals surface area contributed by atoms with Gasteiger partial charge in [-0.1, -0.05) is 77.7 Å². The molecule has 0 unspecified atom stereocenters. The third kappa shape index (κ3) is 6.37. The summed E-state index contributed by atoms with van der Waals surface area (Å²) in [7, 11) is 1.67. The summed E-state index contributed by atoms with van der Waals surface area (Å²) in [6, 6.07) is 8.01. The highest BCUT2D eigenvalue weighted by Crippen LogP contribution is 2.67. The topological polar surface area (TPSA) is 47.6 Å². The van der Waals surface area contributed by atoms with Gasteiger partial charge in [0.2, 0.25) is 0 Å². The van der Waals surface area contributed by atoms with Crippen LogP contribution in [-0.2, 0) is 11.2 Å². The van der Waals surface area contributed by atoms with Crippen LogP contribution in [0.1, 0.15) is 111 Å². The largest absolute Gasteiger partial charge is 0.497 e. The summed E-state index contributed by atoms with van der Waals surface area (Å²) in [5.41, 5.74) is 3.58. The summed E-state index contributed by atoms with van der Waals surface area (Å²) in [5, 5.41) is 2.98. The molecular weight excluding hydrogens is 506 g/mol. The Hall–Kier alpha value is -1.97. The summed E-state index contributed by atoms with van der Waals surface area (Å²) >= 11 is 0. The molecular formula is C37H57NO3. The van der Waals surface area contributed by atoms with Crippen LogP contribution >= 0.6 is 0 Å². The van der Waals surface area contributed by atoms with E-state index in [9.17, 15) is 4.79 Å². The van der Waals surface area contributed by atoms with Crippen LogP contribution in [-0.4, -0.2) is 25.9 Å². The zero-order chi connectivity index (χ0) is 29.2. The number of carbonyl (C=O) groups excluding carboxylic acids is 1. The lowest BCUT2D eigenvalue weighted by Crippen LogP contribution is -2.51. The Labute approximate surface area is 250 Å². The van der Waals surface area contributed by atoms with Gasteiger partial charge in [0.05, 0.1) is 7.11 Å². The van der Waals surface area contributed by atoms with Gasteiger partial charge in [0.25, 0.3) is 0 Å². The van der Waals surface area contributed by atoms with Gasteiger partial charge in [0.15, 0.2) is 0 Å². The zero-order valence-corrected chi connectivity index (χ0v) is 26.8. The van der Waals surface area contributed by atoms with E-state index in [1.807, 2.05) is 24.3 Å². The first kappa shape index (κ1) is 30.5. The molecule has 1 amide bonds. The Morgan fingerprint density at radius 1 is 1.00 bits per heavy atom. The van der Waals surface area contributed by atoms with Gasteiger partial charge < -0.3 is 14.8 Å². The maximum absolute atomic E-state index is 12.6. The Morgan fingerprint density at radius 2 is 1.78 bits per heavy atom. The molecule has 1 aromatic carbocycles. The van der Waals surface area contributed by atoms with E-state index in [2.05, 4.69) is 46.0 Å². The molecule has 0 saturated heterocycles. The van der Waals surface area contributed by atoms with Gasteiger partial charge in [-0.25, -0.2) is 4.79 Å². The van der Waals surface area contributed by atoms with Crippen molar-refractivity contribution in [3.63, 3.8) is 0 Å². The van der Waals surface area contributed by atoms with E-state index in [0.29, 0.717) is 12.0 Å². The number of hydrogen-bond donors (Lipinski definition) is 1. The minimum absolute atomic E-state index is 0.00303. The van der Waals surface area contributed by atoms with Crippen LogP contribution in [0.25, 0.3) is 0 Å². The summed E-state index contributed by atoms with van der Waals surface area (Å²) in [6.45, 7) is 13.1. The Morgan fingerprint density at radius 3 is 2.51 bits per heavy atom. The molecule has 0 bridgehead atoms. The number of rotatable bonds is 10. The predicted molar refractivity (Wildman–Crippen MR) is 168 cm³/mol. The number of carbonyl (C=O) groups is 1. The molecule has 0 heterocycles. The lowest BCUT2D eigenvalue weighted by atomic mass is 9.47. The number of methoxy groups -OCH3 is 1. The zero-order valence-electron chi connectivity index (χ0n) is 26.8. The van der Waals surface area contributed by atoms with Crippen molar-refractivity contribution in [3.8, 4) is 5.75 Å². The molecule has 3 saturated carbocycles. The number of benzene rings is 1. The fourth-order valence-electron chi connectivity index (χ4n) is 10.0. The monoisotopic (exact) mass is 563 g/mol. The average Bonchev–Trinajstić information content (AvgIpc) is 3.30. The molecule has 4 nitrogen and oxygen atoms in total. The minimum Gasteiger partial charge on any atom is -0.497 e. The second-order valence-electron chi connectivity index (χ2n) is 15.1. The summed E-state index contributed by atoms with van der Waals surface area (Å²) < 4.78 is 11.2. The maximum atomic E-state index is 12.6. The molecule has 3 fully saturated rings. The van der Waals surface area contributed by atoms with Crippen LogP contribution in [0.2, 0.25) is 0 Å². The van der Waals surface area contributed by atoms with E-state index in [-0.39, 0.29) is 17.6 Å². The van der Waals surface area contributed by atoms with Crippen LogP contribution in [0.4, 0.5) is 4.79 Å². The highest BCUT2D eigenvalue weighted by Gasteiger charge is 2.59. The van der Waals surface area contributed by atoms with E-state index in [4.69, 9.17) is 9.47 Å². The SMILES string of the molecule is COc1ccc(CCNC(=O)O[C@H]2CC[C@@]3(C)C(=CC[C@H]4[C@@H]5CC[C@H]([C@H](C)CCCC(C)C)[C@@]5(C)CC[C@@H]43)C2)cc1. The first-order chi connectivity index (χ1) is 19.6. The van der Waals surface area contributed by atoms with E-state index >= 15 is 0 Å². The van der Waals surface area contributed by atoms with Gasteiger partial charge in [-0.3, -0.25) is 0 Å².